The highest BCUT2D eigenvalue weighted by Gasteiger charge is 2.26. The number of hydrogen-bond acceptors (Lipinski definition) is 7. The van der Waals surface area contributed by atoms with Gasteiger partial charge in [-0.25, -0.2) is 14.8 Å². The molecular formula is C31H30Cl2N6O5. The number of aromatic carboxylic acids is 1. The number of furan rings is 1. The Balaban J connectivity index is 1.11. The van der Waals surface area contributed by atoms with Crippen LogP contribution in [0.25, 0.3) is 11.0 Å². The molecule has 1 fully saturated rings. The van der Waals surface area contributed by atoms with Gasteiger partial charge in [-0.1, -0.05) is 23.2 Å². The van der Waals surface area contributed by atoms with Crippen LogP contribution in [0.15, 0.2) is 65.5 Å². The average molecular weight is 638 g/mol. The molecular weight excluding hydrogens is 607 g/mol. The summed E-state index contributed by atoms with van der Waals surface area (Å²) in [5, 5.41) is 10.5. The number of benzene rings is 2. The number of ether oxygens (including phenoxy) is 1. The Morgan fingerprint density at radius 2 is 1.84 bits per heavy atom. The Hall–Kier alpha value is -4.32. The van der Waals surface area contributed by atoms with E-state index in [1.165, 1.54) is 0 Å². The average Bonchev–Trinajstić information content (AvgIpc) is 3.76. The summed E-state index contributed by atoms with van der Waals surface area (Å²) in [5.74, 6) is 0.894. The zero-order valence-electron chi connectivity index (χ0n) is 23.9. The van der Waals surface area contributed by atoms with Crippen LogP contribution in [-0.2, 0) is 26.2 Å². The van der Waals surface area contributed by atoms with Crippen LogP contribution in [0, 0.1) is 0 Å². The first-order chi connectivity index (χ1) is 21.3. The molecule has 228 valence electrons. The molecule has 1 amide bonds. The van der Waals surface area contributed by atoms with E-state index < -0.39 is 5.97 Å². The minimum Gasteiger partial charge on any atom is -0.484 e. The first kappa shape index (κ1) is 29.7. The lowest BCUT2D eigenvalue weighted by atomic mass is 10.2. The van der Waals surface area contributed by atoms with Crippen molar-refractivity contribution < 1.29 is 23.8 Å². The molecule has 0 aliphatic carbocycles. The van der Waals surface area contributed by atoms with Crippen molar-refractivity contribution in [1.82, 2.24) is 28.9 Å². The van der Waals surface area contributed by atoms with Gasteiger partial charge in [-0.05, 0) is 55.5 Å². The number of piperazine rings is 1. The highest BCUT2D eigenvalue weighted by Crippen LogP contribution is 2.28. The second-order valence-electron chi connectivity index (χ2n) is 10.5. The number of carboxylic acid groups (broad SMARTS) is 1. The molecule has 0 spiro atoms. The van der Waals surface area contributed by atoms with Gasteiger partial charge in [0, 0.05) is 43.9 Å². The van der Waals surface area contributed by atoms with E-state index in [4.69, 9.17) is 37.3 Å². The van der Waals surface area contributed by atoms with Gasteiger partial charge >= 0.3 is 5.97 Å². The summed E-state index contributed by atoms with van der Waals surface area (Å²) in [6.45, 7) is 6.35. The van der Waals surface area contributed by atoms with Gasteiger partial charge in [0.1, 0.15) is 23.9 Å². The highest BCUT2D eigenvalue weighted by molar-refractivity contribution is 6.35. The van der Waals surface area contributed by atoms with E-state index in [-0.39, 0.29) is 23.8 Å². The van der Waals surface area contributed by atoms with Crippen molar-refractivity contribution in [2.24, 2.45) is 0 Å². The molecule has 44 heavy (non-hydrogen) atoms. The molecule has 13 heteroatoms. The number of aryl methyl sites for hydroxylation is 1. The fourth-order valence-electron chi connectivity index (χ4n) is 5.31. The van der Waals surface area contributed by atoms with Crippen LogP contribution >= 0.6 is 23.2 Å². The first-order valence-electron chi connectivity index (χ1n) is 14.2. The lowest BCUT2D eigenvalue weighted by molar-refractivity contribution is 0.0589. The predicted molar refractivity (Wildman–Crippen MR) is 164 cm³/mol. The Bertz CT molecular complexity index is 1820. The van der Waals surface area contributed by atoms with E-state index in [1.54, 1.807) is 59.8 Å². The topological polar surface area (TPSA) is 119 Å². The van der Waals surface area contributed by atoms with Crippen molar-refractivity contribution in [3.8, 4) is 5.75 Å². The van der Waals surface area contributed by atoms with E-state index in [2.05, 4.69) is 25.9 Å². The van der Waals surface area contributed by atoms with Crippen LogP contribution in [0.1, 0.15) is 45.1 Å². The Morgan fingerprint density at radius 3 is 2.59 bits per heavy atom. The van der Waals surface area contributed by atoms with Crippen LogP contribution in [0.4, 0.5) is 0 Å². The number of carbonyl (C=O) groups excluding carboxylic acids is 1. The summed E-state index contributed by atoms with van der Waals surface area (Å²) >= 11 is 12.1. The molecule has 1 aliphatic rings. The number of aromatic nitrogens is 4. The zero-order valence-corrected chi connectivity index (χ0v) is 25.5. The Morgan fingerprint density at radius 1 is 1.02 bits per heavy atom. The molecule has 6 rings (SSSR count). The number of amides is 1. The van der Waals surface area contributed by atoms with Crippen molar-refractivity contribution in [3.05, 3.63) is 99.7 Å². The van der Waals surface area contributed by atoms with Crippen LogP contribution in [-0.4, -0.2) is 72.1 Å². The maximum Gasteiger partial charge on any atom is 0.335 e. The molecule has 5 aromatic rings. The molecule has 1 N–H and O–H groups in total. The minimum absolute atomic E-state index is 0.121. The summed E-state index contributed by atoms with van der Waals surface area (Å²) < 4.78 is 15.6. The van der Waals surface area contributed by atoms with Crippen molar-refractivity contribution >= 4 is 46.1 Å². The Labute approximate surface area is 263 Å². The molecule has 11 nitrogen and oxygen atoms in total. The lowest BCUT2D eigenvalue weighted by Gasteiger charge is -2.34. The third kappa shape index (κ3) is 6.30. The van der Waals surface area contributed by atoms with Crippen molar-refractivity contribution in [2.45, 2.75) is 33.2 Å². The van der Waals surface area contributed by atoms with Gasteiger partial charge < -0.3 is 28.3 Å². The van der Waals surface area contributed by atoms with Crippen LogP contribution in [0.2, 0.25) is 10.0 Å². The van der Waals surface area contributed by atoms with E-state index in [1.807, 2.05) is 6.20 Å². The molecule has 1 saturated heterocycles. The first-order valence-corrected chi connectivity index (χ1v) is 14.9. The maximum absolute atomic E-state index is 13.2. The summed E-state index contributed by atoms with van der Waals surface area (Å²) in [7, 11) is 0. The van der Waals surface area contributed by atoms with Crippen molar-refractivity contribution in [2.75, 3.05) is 26.2 Å². The third-order valence-corrected chi connectivity index (χ3v) is 8.22. The van der Waals surface area contributed by atoms with Crippen LogP contribution in [0.5, 0.6) is 5.75 Å². The number of nitrogens with zero attached hydrogens (tertiary/aromatic N) is 6. The van der Waals surface area contributed by atoms with Gasteiger partial charge in [-0.3, -0.25) is 9.69 Å². The molecule has 0 atom stereocenters. The number of imidazole rings is 2. The van der Waals surface area contributed by atoms with Crippen molar-refractivity contribution in [3.63, 3.8) is 0 Å². The lowest BCUT2D eigenvalue weighted by Crippen LogP contribution is -2.48. The predicted octanol–water partition coefficient (Wildman–Crippen LogP) is 5.44. The van der Waals surface area contributed by atoms with Gasteiger partial charge in [0.05, 0.1) is 46.7 Å². The molecule has 0 unspecified atom stereocenters. The molecule has 2 aromatic carbocycles. The monoisotopic (exact) mass is 636 g/mol. The largest absolute Gasteiger partial charge is 0.484 e. The van der Waals surface area contributed by atoms with Gasteiger partial charge in [-0.2, -0.15) is 0 Å². The second kappa shape index (κ2) is 12.7. The van der Waals surface area contributed by atoms with Gasteiger partial charge in [0.2, 0.25) is 0 Å². The standard InChI is InChI=1S/C31H30Cl2N6O5/c1-2-37-19-34-15-22(37)16-39-26-13-20(31(41)42)3-6-25(26)35-29(39)17-36-9-11-38(12-10-36)30(40)28-8-5-23(44-28)18-43-27-7-4-21(32)14-24(27)33/h3-8,13-15,19H,2,9-12,16-18H2,1H3,(H,41,42). The summed E-state index contributed by atoms with van der Waals surface area (Å²) in [6.07, 6.45) is 3.61. The molecule has 0 radical (unpaired) electrons. The minimum atomic E-state index is -0.984. The molecule has 4 heterocycles. The number of hydrogen-bond donors (Lipinski definition) is 1. The summed E-state index contributed by atoms with van der Waals surface area (Å²) in [6, 6.07) is 13.3. The quantitative estimate of drug-likeness (QED) is 0.215. The number of halogens is 2. The van der Waals surface area contributed by atoms with Gasteiger partial charge in [0.25, 0.3) is 5.91 Å². The van der Waals surface area contributed by atoms with Crippen molar-refractivity contribution in [1.29, 1.82) is 0 Å². The number of fused-ring (bicyclic) bond motifs is 1. The van der Waals surface area contributed by atoms with E-state index in [0.29, 0.717) is 60.8 Å². The van der Waals surface area contributed by atoms with Crippen LogP contribution < -0.4 is 4.74 Å². The number of carboxylic acids is 1. The zero-order chi connectivity index (χ0) is 30.8. The van der Waals surface area contributed by atoms with Gasteiger partial charge in [0.15, 0.2) is 5.76 Å². The number of rotatable bonds is 10. The van der Waals surface area contributed by atoms with E-state index in [9.17, 15) is 14.7 Å². The SMILES string of the molecule is CCn1cncc1Cn1c(CN2CCN(C(=O)c3ccc(COc4ccc(Cl)cc4Cl)o3)CC2)nc2ccc(C(=O)O)cc21. The highest BCUT2D eigenvalue weighted by atomic mass is 35.5. The summed E-state index contributed by atoms with van der Waals surface area (Å²) in [5.41, 5.74) is 2.71. The third-order valence-electron chi connectivity index (χ3n) is 7.69. The normalized spacial score (nSPS) is 13.9. The van der Waals surface area contributed by atoms with Gasteiger partial charge in [-0.15, -0.1) is 0 Å². The molecule has 0 saturated carbocycles. The summed E-state index contributed by atoms with van der Waals surface area (Å²) in [4.78, 5) is 38.1. The fourth-order valence-corrected chi connectivity index (χ4v) is 5.77. The number of carbonyl (C=O) groups is 2. The molecule has 0 bridgehead atoms. The fraction of sp³-hybridized carbons (Fsp3) is 0.290. The smallest absolute Gasteiger partial charge is 0.335 e. The van der Waals surface area contributed by atoms with Crippen LogP contribution in [0.3, 0.4) is 0 Å². The Kier molecular flexibility index (Phi) is 8.60. The second-order valence-corrected chi connectivity index (χ2v) is 11.3. The molecule has 3 aromatic heterocycles. The maximum atomic E-state index is 13.2. The van der Waals surface area contributed by atoms with E-state index >= 15 is 0 Å². The molecule has 1 aliphatic heterocycles. The van der Waals surface area contributed by atoms with E-state index in [0.717, 1.165) is 29.1 Å².